The monoisotopic (exact) mass is 461 g/mol. The second-order valence-corrected chi connectivity index (χ2v) is 16.0. The van der Waals surface area contributed by atoms with E-state index in [-0.39, 0.29) is 0 Å². The molecule has 0 nitrogen and oxygen atoms in total. The molecule has 0 aliphatic carbocycles. The quantitative estimate of drug-likeness (QED) is 0.284. The van der Waals surface area contributed by atoms with Crippen molar-refractivity contribution in [2.75, 3.05) is 0 Å². The van der Waals surface area contributed by atoms with Crippen molar-refractivity contribution < 1.29 is 0 Å². The van der Waals surface area contributed by atoms with Gasteiger partial charge in [0.25, 0.3) is 0 Å². The minimum Gasteiger partial charge on any atom is -0.0875 e. The van der Waals surface area contributed by atoms with Crippen LogP contribution in [0.5, 0.6) is 0 Å². The molecule has 0 atom stereocenters. The van der Waals surface area contributed by atoms with Crippen molar-refractivity contribution in [3.63, 3.8) is 0 Å². The van der Waals surface area contributed by atoms with Gasteiger partial charge in [-0.15, -0.1) is 0 Å². The summed E-state index contributed by atoms with van der Waals surface area (Å²) in [7, 11) is 0. The second kappa shape index (κ2) is 14.4. The van der Waals surface area contributed by atoms with Crippen LogP contribution in [0.25, 0.3) is 0 Å². The highest BCUT2D eigenvalue weighted by Crippen LogP contribution is 2.22. The van der Waals surface area contributed by atoms with E-state index in [1.54, 1.807) is 0 Å². The summed E-state index contributed by atoms with van der Waals surface area (Å²) in [4.78, 5) is 0. The fraction of sp³-hybridized carbons (Fsp3) is 0.758. The molecule has 33 heavy (non-hydrogen) atoms. The van der Waals surface area contributed by atoms with Crippen LogP contribution in [0.4, 0.5) is 0 Å². The molecule has 0 fully saturated rings. The average molecular weight is 461 g/mol. The predicted octanol–water partition coefficient (Wildman–Crippen LogP) is 11.9. The van der Waals surface area contributed by atoms with Gasteiger partial charge in [0.15, 0.2) is 0 Å². The molecular formula is C33H64. The summed E-state index contributed by atoms with van der Waals surface area (Å²) in [5, 5.41) is 0. The third-order valence-electron chi connectivity index (χ3n) is 3.73. The smallest absolute Gasteiger partial charge is 0.0200 e. The van der Waals surface area contributed by atoms with Crippen molar-refractivity contribution in [1.82, 2.24) is 0 Å². The maximum absolute atomic E-state index is 2.29. The van der Waals surface area contributed by atoms with Gasteiger partial charge in [0, 0.05) is 0 Å². The zero-order valence-corrected chi connectivity index (χ0v) is 26.3. The second-order valence-electron chi connectivity index (χ2n) is 16.0. The van der Waals surface area contributed by atoms with E-state index < -0.39 is 0 Å². The highest BCUT2D eigenvalue weighted by Gasteiger charge is 2.09. The lowest BCUT2D eigenvalue weighted by Gasteiger charge is -2.17. The molecule has 0 aromatic carbocycles. The average Bonchev–Trinajstić information content (AvgIpc) is 2.45. The Kier molecular flexibility index (Phi) is 15.9. The largest absolute Gasteiger partial charge is 0.0875 e. The molecule has 0 aliphatic rings. The standard InChI is InChI=1S/C12H22.C11H22.C10H20/c1-11(2,3)9-7-8-10-12(4,5)6;1-10(2,3)8-7-9-11(4,5)6;1-9(2,3)7-8-10(4,5)6/h7-10H,1-6H3;7-8H,9H2,1-6H3;7-8H,1-6H3/b9-7+,10-8+;2*8-7+. The summed E-state index contributed by atoms with van der Waals surface area (Å²) in [5.74, 6) is 0. The zero-order valence-electron chi connectivity index (χ0n) is 26.3. The number of hydrogen-bond acceptors (Lipinski definition) is 0. The minimum absolute atomic E-state index is 0.294. The van der Waals surface area contributed by atoms with E-state index in [0.717, 1.165) is 0 Å². The molecule has 0 aromatic heterocycles. The summed E-state index contributed by atoms with van der Waals surface area (Å²) in [6.45, 7) is 40.0. The van der Waals surface area contributed by atoms with Gasteiger partial charge >= 0.3 is 0 Å². The normalized spacial score (nSPS) is 14.6. The van der Waals surface area contributed by atoms with Crippen LogP contribution in [0.3, 0.4) is 0 Å². The summed E-state index contributed by atoms with van der Waals surface area (Å²) >= 11 is 0. The first-order valence-corrected chi connectivity index (χ1v) is 12.9. The first-order chi connectivity index (χ1) is 14.1. The van der Waals surface area contributed by atoms with Crippen LogP contribution in [-0.4, -0.2) is 0 Å². The summed E-state index contributed by atoms with van der Waals surface area (Å²) in [6.07, 6.45) is 19.0. The predicted molar refractivity (Wildman–Crippen MR) is 158 cm³/mol. The third kappa shape index (κ3) is 49.3. The minimum atomic E-state index is 0.294. The van der Waals surface area contributed by atoms with E-state index in [2.05, 4.69) is 173 Å². The first kappa shape index (κ1) is 36.5. The summed E-state index contributed by atoms with van der Waals surface area (Å²) in [6, 6.07) is 0. The van der Waals surface area contributed by atoms with Gasteiger partial charge in [-0.1, -0.05) is 173 Å². The van der Waals surface area contributed by atoms with E-state index in [1.165, 1.54) is 6.42 Å². The van der Waals surface area contributed by atoms with Crippen molar-refractivity contribution in [3.05, 3.63) is 48.6 Å². The molecule has 0 saturated heterocycles. The first-order valence-electron chi connectivity index (χ1n) is 12.9. The van der Waals surface area contributed by atoms with Crippen LogP contribution in [0.1, 0.15) is 131 Å². The van der Waals surface area contributed by atoms with Crippen LogP contribution in [0, 0.1) is 32.5 Å². The summed E-state index contributed by atoms with van der Waals surface area (Å²) < 4.78 is 0. The van der Waals surface area contributed by atoms with Gasteiger partial charge in [-0.2, -0.15) is 0 Å². The van der Waals surface area contributed by atoms with E-state index in [9.17, 15) is 0 Å². The number of rotatable bonds is 2. The van der Waals surface area contributed by atoms with Crippen molar-refractivity contribution in [3.8, 4) is 0 Å². The maximum Gasteiger partial charge on any atom is -0.0200 e. The highest BCUT2D eigenvalue weighted by atomic mass is 14.2. The molecule has 0 bridgehead atoms. The fourth-order valence-corrected chi connectivity index (χ4v) is 1.95. The Morgan fingerprint density at radius 1 is 0.333 bits per heavy atom. The van der Waals surface area contributed by atoms with Crippen LogP contribution in [0.2, 0.25) is 0 Å². The molecule has 0 radical (unpaired) electrons. The third-order valence-corrected chi connectivity index (χ3v) is 3.73. The Morgan fingerprint density at radius 3 is 0.758 bits per heavy atom. The Balaban J connectivity index is -0.000000411. The van der Waals surface area contributed by atoms with Crippen LogP contribution < -0.4 is 0 Å². The lowest BCUT2D eigenvalue weighted by Crippen LogP contribution is -2.04. The molecule has 0 unspecified atom stereocenters. The van der Waals surface area contributed by atoms with Crippen LogP contribution in [-0.2, 0) is 0 Å². The molecule has 196 valence electrons. The molecular weight excluding hydrogens is 396 g/mol. The van der Waals surface area contributed by atoms with E-state index in [4.69, 9.17) is 0 Å². The Bertz CT molecular complexity index is 554. The van der Waals surface area contributed by atoms with Gasteiger partial charge < -0.3 is 0 Å². The molecule has 0 rings (SSSR count). The Hall–Kier alpha value is -1.04. The molecule has 0 aromatic rings. The molecule has 0 aliphatic heterocycles. The van der Waals surface area contributed by atoms with Crippen molar-refractivity contribution >= 4 is 0 Å². The molecule has 0 heterocycles. The molecule has 0 saturated carbocycles. The van der Waals surface area contributed by atoms with Gasteiger partial charge in [-0.25, -0.2) is 0 Å². The van der Waals surface area contributed by atoms with E-state index >= 15 is 0 Å². The van der Waals surface area contributed by atoms with E-state index in [1.807, 2.05) is 0 Å². The van der Waals surface area contributed by atoms with Gasteiger partial charge in [0.05, 0.1) is 0 Å². The number of allylic oxidation sites excluding steroid dienone is 8. The lowest BCUT2D eigenvalue weighted by atomic mass is 9.89. The zero-order chi connectivity index (χ0) is 27.4. The molecule has 0 N–H and O–H groups in total. The van der Waals surface area contributed by atoms with Gasteiger partial charge in [0.1, 0.15) is 0 Å². The van der Waals surface area contributed by atoms with Crippen LogP contribution in [0.15, 0.2) is 48.6 Å². The fourth-order valence-electron chi connectivity index (χ4n) is 1.95. The molecule has 0 amide bonds. The van der Waals surface area contributed by atoms with Gasteiger partial charge in [-0.3, -0.25) is 0 Å². The Morgan fingerprint density at radius 2 is 0.576 bits per heavy atom. The molecule has 0 heteroatoms. The number of hydrogen-bond donors (Lipinski definition) is 0. The van der Waals surface area contributed by atoms with Gasteiger partial charge in [0.2, 0.25) is 0 Å². The SMILES string of the molecule is CC(C)(C)/C=C/C(C)(C)C.CC(C)(C)/C=C/C=C/C(C)(C)C.CC(C)(C)/C=C/CC(C)(C)C. The van der Waals surface area contributed by atoms with Crippen molar-refractivity contribution in [2.24, 2.45) is 32.5 Å². The van der Waals surface area contributed by atoms with Gasteiger partial charge in [-0.05, 0) is 38.9 Å². The Labute approximate surface area is 212 Å². The van der Waals surface area contributed by atoms with Crippen molar-refractivity contribution in [1.29, 1.82) is 0 Å². The van der Waals surface area contributed by atoms with Crippen molar-refractivity contribution in [2.45, 2.75) is 131 Å². The topological polar surface area (TPSA) is 0 Å². The highest BCUT2D eigenvalue weighted by molar-refractivity contribution is 5.08. The maximum atomic E-state index is 2.29. The molecule has 0 spiro atoms. The van der Waals surface area contributed by atoms with Crippen LogP contribution >= 0.6 is 0 Å². The lowest BCUT2D eigenvalue weighted by molar-refractivity contribution is 0.417. The summed E-state index contributed by atoms with van der Waals surface area (Å²) in [5.41, 5.74) is 2.01. The van der Waals surface area contributed by atoms with E-state index in [0.29, 0.717) is 32.5 Å².